The highest BCUT2D eigenvalue weighted by molar-refractivity contribution is 7.92. The van der Waals surface area contributed by atoms with Gasteiger partial charge in [0, 0.05) is 6.07 Å². The number of pyridine rings is 1. The molecule has 0 aliphatic heterocycles. The molecule has 4 heteroatoms. The Kier molecular flexibility index (Phi) is 3.10. The molecule has 0 aliphatic carbocycles. The number of carbonyl (C=O) groups excluding carboxylic acids is 1. The second kappa shape index (κ2) is 4.11. The van der Waals surface area contributed by atoms with Crippen LogP contribution in [0.3, 0.4) is 0 Å². The van der Waals surface area contributed by atoms with Crippen LogP contribution in [0.15, 0.2) is 24.5 Å². The molecule has 0 saturated heterocycles. The van der Waals surface area contributed by atoms with Crippen LogP contribution >= 0.6 is 11.9 Å². The van der Waals surface area contributed by atoms with Gasteiger partial charge in [-0.2, -0.15) is 0 Å². The molecule has 12 heavy (non-hydrogen) atoms. The molecule has 1 amide bonds. The number of hydrogen-bond acceptors (Lipinski definition) is 2. The monoisotopic (exact) mass is 183 g/mol. The Morgan fingerprint density at radius 3 is 3.08 bits per heavy atom. The van der Waals surface area contributed by atoms with Crippen molar-refractivity contribution in [2.45, 2.75) is 6.92 Å². The molecule has 2 N–H and O–H groups in total. The average molecular weight is 183 g/mol. The Hall–Kier alpha value is -1.03. The van der Waals surface area contributed by atoms with Crippen LogP contribution in [0.4, 0.5) is 0 Å². The molecule has 0 spiro atoms. The number of nitrogens with zero attached hydrogens (tertiary/aromatic N) is 1. The van der Waals surface area contributed by atoms with Gasteiger partial charge in [0.15, 0.2) is 24.3 Å². The van der Waals surface area contributed by atoms with Crippen LogP contribution < -0.4 is 9.71 Å². The van der Waals surface area contributed by atoms with Crippen molar-refractivity contribution in [2.24, 2.45) is 5.73 Å². The van der Waals surface area contributed by atoms with E-state index in [0.29, 0.717) is 5.56 Å². The first-order chi connectivity index (χ1) is 5.74. The first-order valence-corrected chi connectivity index (χ1v) is 4.62. The SMILES string of the molecule is CCS[n+]1cccc(C(N)=O)c1. The predicted molar refractivity (Wildman–Crippen MR) is 48.7 cm³/mol. The van der Waals surface area contributed by atoms with E-state index in [-0.39, 0.29) is 5.91 Å². The molecule has 64 valence electrons. The van der Waals surface area contributed by atoms with Gasteiger partial charge in [0.05, 0.1) is 5.75 Å². The lowest BCUT2D eigenvalue weighted by Crippen LogP contribution is -2.27. The summed E-state index contributed by atoms with van der Waals surface area (Å²) in [5, 5.41) is 0. The van der Waals surface area contributed by atoms with Crippen LogP contribution in [0, 0.1) is 0 Å². The predicted octanol–water partition coefficient (Wildman–Crippen LogP) is 0.589. The Bertz CT molecular complexity index is 288. The quantitative estimate of drug-likeness (QED) is 0.697. The van der Waals surface area contributed by atoms with Crippen molar-refractivity contribution in [3.63, 3.8) is 0 Å². The number of hydrogen-bond donors (Lipinski definition) is 1. The van der Waals surface area contributed by atoms with E-state index in [1.165, 1.54) is 0 Å². The highest BCUT2D eigenvalue weighted by Crippen LogP contribution is 1.96. The topological polar surface area (TPSA) is 47.0 Å². The number of nitrogens with two attached hydrogens (primary N) is 1. The van der Waals surface area contributed by atoms with Crippen LogP contribution in [-0.4, -0.2) is 11.7 Å². The molecule has 0 aromatic carbocycles. The molecular formula is C8H11N2OS+. The van der Waals surface area contributed by atoms with E-state index in [1.807, 2.05) is 16.2 Å². The largest absolute Gasteiger partial charge is 0.365 e. The molecule has 1 aromatic rings. The molecule has 1 rings (SSSR count). The number of primary amides is 1. The smallest absolute Gasteiger partial charge is 0.254 e. The van der Waals surface area contributed by atoms with Crippen LogP contribution in [-0.2, 0) is 0 Å². The van der Waals surface area contributed by atoms with Gasteiger partial charge in [-0.3, -0.25) is 4.79 Å². The molecule has 0 aliphatic rings. The van der Waals surface area contributed by atoms with Crippen molar-refractivity contribution in [1.29, 1.82) is 0 Å². The molecular weight excluding hydrogens is 172 g/mol. The molecule has 0 saturated carbocycles. The molecule has 0 unspecified atom stereocenters. The summed E-state index contributed by atoms with van der Waals surface area (Å²) < 4.78 is 1.88. The molecule has 1 heterocycles. The normalized spacial score (nSPS) is 9.75. The highest BCUT2D eigenvalue weighted by Gasteiger charge is 2.06. The summed E-state index contributed by atoms with van der Waals surface area (Å²) in [6.07, 6.45) is 3.62. The van der Waals surface area contributed by atoms with Crippen molar-refractivity contribution in [3.05, 3.63) is 30.1 Å². The Morgan fingerprint density at radius 2 is 2.50 bits per heavy atom. The van der Waals surface area contributed by atoms with Gasteiger partial charge in [0.1, 0.15) is 5.56 Å². The van der Waals surface area contributed by atoms with Crippen LogP contribution in [0.25, 0.3) is 0 Å². The van der Waals surface area contributed by atoms with E-state index in [2.05, 4.69) is 6.92 Å². The zero-order valence-electron chi connectivity index (χ0n) is 6.86. The first-order valence-electron chi connectivity index (χ1n) is 3.68. The van der Waals surface area contributed by atoms with Crippen LogP contribution in [0.1, 0.15) is 17.3 Å². The van der Waals surface area contributed by atoms with E-state index in [0.717, 1.165) is 5.75 Å². The zero-order valence-corrected chi connectivity index (χ0v) is 7.67. The second-order valence-corrected chi connectivity index (χ2v) is 3.49. The van der Waals surface area contributed by atoms with Crippen molar-refractivity contribution < 1.29 is 8.77 Å². The number of amides is 1. The van der Waals surface area contributed by atoms with E-state index < -0.39 is 0 Å². The standard InChI is InChI=1S/C8H10N2OS/c1-2-12-10-5-3-4-7(6-10)8(9)11/h3-6H,2H2,1H3,(H-,9,11)/p+1. The number of carbonyl (C=O) groups is 1. The van der Waals surface area contributed by atoms with Gasteiger partial charge in [-0.1, -0.05) is 6.92 Å². The van der Waals surface area contributed by atoms with Crippen LogP contribution in [0.5, 0.6) is 0 Å². The lowest BCUT2D eigenvalue weighted by Gasteiger charge is -1.92. The Morgan fingerprint density at radius 1 is 1.75 bits per heavy atom. The van der Waals surface area contributed by atoms with Crippen molar-refractivity contribution in [2.75, 3.05) is 5.75 Å². The van der Waals surface area contributed by atoms with Crippen LogP contribution in [0.2, 0.25) is 0 Å². The minimum Gasteiger partial charge on any atom is -0.365 e. The number of rotatable bonds is 3. The third-order valence-electron chi connectivity index (χ3n) is 1.34. The van der Waals surface area contributed by atoms with Crippen molar-refractivity contribution in [1.82, 2.24) is 0 Å². The van der Waals surface area contributed by atoms with E-state index in [4.69, 9.17) is 5.73 Å². The molecule has 3 nitrogen and oxygen atoms in total. The third-order valence-corrected chi connectivity index (χ3v) is 2.12. The summed E-state index contributed by atoms with van der Waals surface area (Å²) in [6, 6.07) is 3.51. The minimum atomic E-state index is -0.388. The molecule has 0 atom stereocenters. The minimum absolute atomic E-state index is 0.388. The summed E-state index contributed by atoms with van der Waals surface area (Å²) in [6.45, 7) is 2.05. The number of aromatic nitrogens is 1. The molecule has 0 bridgehead atoms. The van der Waals surface area contributed by atoms with Gasteiger partial charge in [0.25, 0.3) is 5.91 Å². The highest BCUT2D eigenvalue weighted by atomic mass is 32.2. The van der Waals surface area contributed by atoms with Gasteiger partial charge in [-0.05, 0) is 6.07 Å². The van der Waals surface area contributed by atoms with E-state index in [9.17, 15) is 4.79 Å². The van der Waals surface area contributed by atoms with E-state index in [1.54, 1.807) is 24.2 Å². The first kappa shape index (κ1) is 9.06. The summed E-state index contributed by atoms with van der Waals surface area (Å²) in [5.41, 5.74) is 5.66. The fourth-order valence-electron chi connectivity index (χ4n) is 0.830. The van der Waals surface area contributed by atoms with Gasteiger partial charge >= 0.3 is 0 Å². The van der Waals surface area contributed by atoms with Crippen molar-refractivity contribution in [3.8, 4) is 0 Å². The maximum Gasteiger partial charge on any atom is 0.254 e. The summed E-state index contributed by atoms with van der Waals surface area (Å²) in [5.74, 6) is 0.577. The lowest BCUT2D eigenvalue weighted by atomic mass is 10.3. The van der Waals surface area contributed by atoms with Gasteiger partial charge in [-0.15, -0.1) is 3.97 Å². The van der Waals surface area contributed by atoms with E-state index >= 15 is 0 Å². The van der Waals surface area contributed by atoms with Gasteiger partial charge in [0.2, 0.25) is 0 Å². The van der Waals surface area contributed by atoms with Crippen molar-refractivity contribution >= 4 is 17.9 Å². The fourth-order valence-corrected chi connectivity index (χ4v) is 1.47. The Balaban J connectivity index is 2.88. The third kappa shape index (κ3) is 2.23. The maximum atomic E-state index is 10.8. The van der Waals surface area contributed by atoms with Gasteiger partial charge in [-0.25, -0.2) is 0 Å². The molecule has 0 fully saturated rings. The molecule has 1 aromatic heterocycles. The summed E-state index contributed by atoms with van der Waals surface area (Å²) in [7, 11) is 0. The molecule has 0 radical (unpaired) electrons. The maximum absolute atomic E-state index is 10.8. The Labute approximate surface area is 75.7 Å². The zero-order chi connectivity index (χ0) is 8.97. The lowest BCUT2D eigenvalue weighted by molar-refractivity contribution is -0.494. The average Bonchev–Trinajstić information content (AvgIpc) is 2.05. The summed E-state index contributed by atoms with van der Waals surface area (Å²) in [4.78, 5) is 10.8. The fraction of sp³-hybridized carbons (Fsp3) is 0.250. The second-order valence-electron chi connectivity index (χ2n) is 2.23. The summed E-state index contributed by atoms with van der Waals surface area (Å²) >= 11 is 1.62. The van der Waals surface area contributed by atoms with Gasteiger partial charge < -0.3 is 5.73 Å².